The lowest BCUT2D eigenvalue weighted by Gasteiger charge is -2.05. The van der Waals surface area contributed by atoms with E-state index in [1.165, 1.54) is 0 Å². The molecule has 0 unspecified atom stereocenters. The Morgan fingerprint density at radius 3 is 2.54 bits per heavy atom. The lowest BCUT2D eigenvalue weighted by atomic mass is 10.1. The lowest BCUT2D eigenvalue weighted by Crippen LogP contribution is -2.09. The van der Waals surface area contributed by atoms with Gasteiger partial charge in [-0.3, -0.25) is 0 Å². The van der Waals surface area contributed by atoms with E-state index in [1.54, 1.807) is 12.3 Å². The van der Waals surface area contributed by atoms with Crippen molar-refractivity contribution in [2.24, 2.45) is 0 Å². The van der Waals surface area contributed by atoms with Gasteiger partial charge in [0.1, 0.15) is 17.7 Å². The fourth-order valence-electron chi connectivity index (χ4n) is 2.74. The Morgan fingerprint density at radius 1 is 0.962 bits per heavy atom. The smallest absolute Gasteiger partial charge is 0.341 e. The van der Waals surface area contributed by atoms with Crippen LogP contribution < -0.4 is 4.74 Å². The third-order valence-corrected chi connectivity index (χ3v) is 3.99. The van der Waals surface area contributed by atoms with Crippen LogP contribution in [0.4, 0.5) is 0 Å². The van der Waals surface area contributed by atoms with Gasteiger partial charge in [0.15, 0.2) is 6.61 Å². The average molecular weight is 345 g/mol. The molecule has 0 atom stereocenters. The van der Waals surface area contributed by atoms with E-state index in [9.17, 15) is 4.79 Å². The van der Waals surface area contributed by atoms with Crippen molar-refractivity contribution in [3.8, 4) is 28.5 Å². The zero-order chi connectivity index (χ0) is 17.9. The van der Waals surface area contributed by atoms with E-state index in [0.29, 0.717) is 11.6 Å². The molecule has 0 aliphatic carbocycles. The maximum absolute atomic E-state index is 10.6. The van der Waals surface area contributed by atoms with Gasteiger partial charge in [0.05, 0.1) is 0 Å². The molecule has 0 bridgehead atoms. The first kappa shape index (κ1) is 15.9. The quantitative estimate of drug-likeness (QED) is 0.571. The van der Waals surface area contributed by atoms with E-state index in [-0.39, 0.29) is 6.61 Å². The SMILES string of the molecule is O=C(O)COc1ccc2cc(-c3nc(-c4ccccc4)co3)ccc2c1. The Labute approximate surface area is 149 Å². The van der Waals surface area contributed by atoms with Gasteiger partial charge in [0, 0.05) is 11.1 Å². The summed E-state index contributed by atoms with van der Waals surface area (Å²) >= 11 is 0. The molecule has 0 fully saturated rings. The summed E-state index contributed by atoms with van der Waals surface area (Å²) in [5.41, 5.74) is 2.67. The van der Waals surface area contributed by atoms with E-state index in [4.69, 9.17) is 14.3 Å². The second-order valence-electron chi connectivity index (χ2n) is 5.81. The number of ether oxygens (including phenoxy) is 1. The van der Waals surface area contributed by atoms with Crippen molar-refractivity contribution in [3.05, 3.63) is 73.0 Å². The maximum Gasteiger partial charge on any atom is 0.341 e. The minimum atomic E-state index is -1.00. The number of aromatic nitrogens is 1. The molecule has 3 aromatic carbocycles. The van der Waals surface area contributed by atoms with Crippen molar-refractivity contribution in [3.63, 3.8) is 0 Å². The van der Waals surface area contributed by atoms with Crippen LogP contribution in [0, 0.1) is 0 Å². The molecule has 5 heteroatoms. The minimum absolute atomic E-state index is 0.359. The molecule has 0 aliphatic rings. The first-order valence-corrected chi connectivity index (χ1v) is 8.09. The summed E-state index contributed by atoms with van der Waals surface area (Å²) in [4.78, 5) is 15.2. The number of fused-ring (bicyclic) bond motifs is 1. The topological polar surface area (TPSA) is 72.6 Å². The van der Waals surface area contributed by atoms with Crippen LogP contribution in [0.25, 0.3) is 33.5 Å². The fraction of sp³-hybridized carbons (Fsp3) is 0.0476. The van der Waals surface area contributed by atoms with Gasteiger partial charge in [0.2, 0.25) is 5.89 Å². The maximum atomic E-state index is 10.6. The van der Waals surface area contributed by atoms with Gasteiger partial charge in [-0.15, -0.1) is 0 Å². The number of hydrogen-bond acceptors (Lipinski definition) is 4. The number of benzene rings is 3. The lowest BCUT2D eigenvalue weighted by molar-refractivity contribution is -0.139. The number of carbonyl (C=O) groups is 1. The Bertz CT molecular complexity index is 1070. The molecule has 5 nitrogen and oxygen atoms in total. The standard InChI is InChI=1S/C21H15NO4/c23-20(24)13-25-18-9-8-15-10-17(7-6-16(15)11-18)21-22-19(12-26-21)14-4-2-1-3-5-14/h1-12H,13H2,(H,23,24). The van der Waals surface area contributed by atoms with Gasteiger partial charge in [-0.05, 0) is 35.0 Å². The van der Waals surface area contributed by atoms with Gasteiger partial charge in [-0.1, -0.05) is 42.5 Å². The second-order valence-corrected chi connectivity index (χ2v) is 5.81. The van der Waals surface area contributed by atoms with Crippen LogP contribution in [-0.2, 0) is 4.79 Å². The zero-order valence-electron chi connectivity index (χ0n) is 13.8. The summed E-state index contributed by atoms with van der Waals surface area (Å²) in [6.45, 7) is -0.359. The van der Waals surface area contributed by atoms with Gasteiger partial charge in [-0.25, -0.2) is 9.78 Å². The molecule has 0 saturated carbocycles. The predicted molar refractivity (Wildman–Crippen MR) is 98.0 cm³/mol. The third-order valence-electron chi connectivity index (χ3n) is 3.99. The molecule has 4 rings (SSSR count). The van der Waals surface area contributed by atoms with Gasteiger partial charge >= 0.3 is 5.97 Å². The molecule has 1 N–H and O–H groups in total. The van der Waals surface area contributed by atoms with Gasteiger partial charge < -0.3 is 14.3 Å². The normalized spacial score (nSPS) is 10.8. The average Bonchev–Trinajstić information content (AvgIpc) is 3.17. The van der Waals surface area contributed by atoms with Crippen LogP contribution in [-0.4, -0.2) is 22.7 Å². The van der Waals surface area contributed by atoms with E-state index < -0.39 is 5.97 Å². The summed E-state index contributed by atoms with van der Waals surface area (Å²) in [5.74, 6) is 0.0747. The van der Waals surface area contributed by atoms with E-state index in [2.05, 4.69) is 4.98 Å². The summed E-state index contributed by atoms with van der Waals surface area (Å²) in [5, 5.41) is 10.6. The summed E-state index contributed by atoms with van der Waals surface area (Å²) in [7, 11) is 0. The van der Waals surface area contributed by atoms with Crippen LogP contribution in [0.2, 0.25) is 0 Å². The highest BCUT2D eigenvalue weighted by Crippen LogP contribution is 2.28. The Morgan fingerprint density at radius 2 is 1.73 bits per heavy atom. The number of rotatable bonds is 5. The van der Waals surface area contributed by atoms with Crippen molar-refractivity contribution in [2.75, 3.05) is 6.61 Å². The Hall–Kier alpha value is -3.60. The number of oxazole rings is 1. The van der Waals surface area contributed by atoms with Crippen LogP contribution in [0.1, 0.15) is 0 Å². The van der Waals surface area contributed by atoms with E-state index in [1.807, 2.05) is 60.7 Å². The first-order valence-electron chi connectivity index (χ1n) is 8.09. The van der Waals surface area contributed by atoms with Gasteiger partial charge in [0.25, 0.3) is 0 Å². The second kappa shape index (κ2) is 6.72. The Kier molecular flexibility index (Phi) is 4.11. The first-order chi connectivity index (χ1) is 12.7. The Balaban J connectivity index is 1.62. The predicted octanol–water partition coefficient (Wildman–Crippen LogP) is 4.63. The molecule has 0 amide bonds. The largest absolute Gasteiger partial charge is 0.482 e. The van der Waals surface area contributed by atoms with Crippen molar-refractivity contribution in [2.45, 2.75) is 0 Å². The van der Waals surface area contributed by atoms with E-state index >= 15 is 0 Å². The molecule has 0 aliphatic heterocycles. The van der Waals surface area contributed by atoms with Crippen molar-refractivity contribution < 1.29 is 19.1 Å². The van der Waals surface area contributed by atoms with Crippen LogP contribution >= 0.6 is 0 Å². The van der Waals surface area contributed by atoms with Crippen LogP contribution in [0.15, 0.2) is 77.4 Å². The summed E-state index contributed by atoms with van der Waals surface area (Å²) < 4.78 is 10.9. The molecule has 0 radical (unpaired) electrons. The number of aliphatic carboxylic acids is 1. The molecular formula is C21H15NO4. The zero-order valence-corrected chi connectivity index (χ0v) is 13.8. The number of nitrogens with zero attached hydrogens (tertiary/aromatic N) is 1. The highest BCUT2D eigenvalue weighted by molar-refractivity contribution is 5.87. The highest BCUT2D eigenvalue weighted by Gasteiger charge is 2.09. The van der Waals surface area contributed by atoms with Crippen molar-refractivity contribution in [1.82, 2.24) is 4.98 Å². The van der Waals surface area contributed by atoms with Crippen LogP contribution in [0.5, 0.6) is 5.75 Å². The van der Waals surface area contributed by atoms with Crippen molar-refractivity contribution in [1.29, 1.82) is 0 Å². The molecule has 4 aromatic rings. The number of hydrogen-bond donors (Lipinski definition) is 1. The molecule has 1 heterocycles. The third kappa shape index (κ3) is 3.28. The molecule has 26 heavy (non-hydrogen) atoms. The number of carboxylic acid groups (broad SMARTS) is 1. The van der Waals surface area contributed by atoms with Crippen LogP contribution in [0.3, 0.4) is 0 Å². The van der Waals surface area contributed by atoms with E-state index in [0.717, 1.165) is 27.6 Å². The summed E-state index contributed by atoms with van der Waals surface area (Å²) in [6.07, 6.45) is 1.65. The number of carboxylic acids is 1. The molecule has 0 spiro atoms. The minimum Gasteiger partial charge on any atom is -0.482 e. The molecule has 128 valence electrons. The molecule has 1 aromatic heterocycles. The summed E-state index contributed by atoms with van der Waals surface area (Å²) in [6, 6.07) is 21.1. The fourth-order valence-corrected chi connectivity index (χ4v) is 2.74. The van der Waals surface area contributed by atoms with Crippen molar-refractivity contribution >= 4 is 16.7 Å². The highest BCUT2D eigenvalue weighted by atomic mass is 16.5. The molecular weight excluding hydrogens is 330 g/mol. The monoisotopic (exact) mass is 345 g/mol. The molecule has 0 saturated heterocycles. The van der Waals surface area contributed by atoms with Gasteiger partial charge in [-0.2, -0.15) is 0 Å².